The van der Waals surface area contributed by atoms with Crippen molar-refractivity contribution in [2.75, 3.05) is 0 Å². The molecule has 0 N–H and O–H groups in total. The second-order valence-corrected chi connectivity index (χ2v) is 2.19. The molecule has 1 rings (SSSR count). The predicted octanol–water partition coefficient (Wildman–Crippen LogP) is 1.43. The number of hydrogen-bond acceptors (Lipinski definition) is 2. The van der Waals surface area contributed by atoms with Gasteiger partial charge in [-0.05, 0) is 19.4 Å². The van der Waals surface area contributed by atoms with Crippen molar-refractivity contribution in [2.24, 2.45) is 9.98 Å². The maximum Gasteiger partial charge on any atom is 0.110 e. The van der Waals surface area contributed by atoms with Crippen LogP contribution < -0.4 is 0 Å². The van der Waals surface area contributed by atoms with Gasteiger partial charge in [0, 0.05) is 6.21 Å². The van der Waals surface area contributed by atoms with Crippen LogP contribution in [0.25, 0.3) is 0 Å². The highest BCUT2D eigenvalue weighted by atomic mass is 14.9. The van der Waals surface area contributed by atoms with Gasteiger partial charge in [0.2, 0.25) is 0 Å². The Kier molecular flexibility index (Phi) is 1.78. The number of hydrogen-bond donors (Lipinski definition) is 0. The van der Waals surface area contributed by atoms with Gasteiger partial charge < -0.3 is 0 Å². The Morgan fingerprint density at radius 1 is 1.56 bits per heavy atom. The average molecular weight is 122 g/mol. The standard InChI is InChI=1S/C7H10N2/c1-6-3-7(2)9-5-8-4-6/h3-5,7H,1-2H3. The van der Waals surface area contributed by atoms with E-state index < -0.39 is 0 Å². The van der Waals surface area contributed by atoms with Crippen molar-refractivity contribution in [3.05, 3.63) is 11.6 Å². The van der Waals surface area contributed by atoms with E-state index in [1.54, 1.807) is 6.34 Å². The van der Waals surface area contributed by atoms with E-state index in [4.69, 9.17) is 0 Å². The highest BCUT2D eigenvalue weighted by Crippen LogP contribution is 1.99. The molecule has 0 spiro atoms. The van der Waals surface area contributed by atoms with Crippen LogP contribution in [0.3, 0.4) is 0 Å². The van der Waals surface area contributed by atoms with Gasteiger partial charge in [0.25, 0.3) is 0 Å². The van der Waals surface area contributed by atoms with Crippen molar-refractivity contribution in [1.82, 2.24) is 0 Å². The van der Waals surface area contributed by atoms with E-state index in [9.17, 15) is 0 Å². The normalized spacial score (nSPS) is 25.6. The molecule has 0 amide bonds. The molecular formula is C7H10N2. The summed E-state index contributed by atoms with van der Waals surface area (Å²) >= 11 is 0. The number of nitrogens with zero attached hydrogens (tertiary/aromatic N) is 2. The fraction of sp³-hybridized carbons (Fsp3) is 0.429. The second-order valence-electron chi connectivity index (χ2n) is 2.19. The Bertz CT molecular complexity index is 177. The first kappa shape index (κ1) is 6.20. The monoisotopic (exact) mass is 122 g/mol. The Morgan fingerprint density at radius 2 is 2.33 bits per heavy atom. The lowest BCUT2D eigenvalue weighted by Crippen LogP contribution is -1.90. The molecule has 0 aromatic heterocycles. The van der Waals surface area contributed by atoms with Gasteiger partial charge in [-0.25, -0.2) is 4.99 Å². The van der Waals surface area contributed by atoms with Crippen molar-refractivity contribution < 1.29 is 0 Å². The van der Waals surface area contributed by atoms with Crippen LogP contribution in [0, 0.1) is 0 Å². The van der Waals surface area contributed by atoms with Crippen LogP contribution in [0.4, 0.5) is 0 Å². The largest absolute Gasteiger partial charge is 0.266 e. The molecule has 9 heavy (non-hydrogen) atoms. The predicted molar refractivity (Wildman–Crippen MR) is 40.2 cm³/mol. The molecule has 48 valence electrons. The number of aliphatic imine (C=N–C) groups is 2. The third-order valence-electron chi connectivity index (χ3n) is 1.15. The molecule has 0 radical (unpaired) electrons. The van der Waals surface area contributed by atoms with Gasteiger partial charge in [-0.15, -0.1) is 0 Å². The zero-order valence-electron chi connectivity index (χ0n) is 5.70. The smallest absolute Gasteiger partial charge is 0.110 e. The summed E-state index contributed by atoms with van der Waals surface area (Å²) in [4.78, 5) is 7.99. The van der Waals surface area contributed by atoms with Gasteiger partial charge in [-0.3, -0.25) is 4.99 Å². The van der Waals surface area contributed by atoms with Crippen LogP contribution in [0.15, 0.2) is 21.6 Å². The van der Waals surface area contributed by atoms with Crippen LogP contribution in [0.5, 0.6) is 0 Å². The van der Waals surface area contributed by atoms with E-state index in [1.165, 1.54) is 5.57 Å². The minimum atomic E-state index is 0.285. The fourth-order valence-corrected chi connectivity index (χ4v) is 0.761. The first-order valence-electron chi connectivity index (χ1n) is 3.02. The van der Waals surface area contributed by atoms with Crippen LogP contribution in [0.2, 0.25) is 0 Å². The van der Waals surface area contributed by atoms with Crippen molar-refractivity contribution in [3.8, 4) is 0 Å². The molecule has 1 heterocycles. The summed E-state index contributed by atoms with van der Waals surface area (Å²) in [6.45, 7) is 4.06. The molecule has 1 aliphatic heterocycles. The third kappa shape index (κ3) is 1.80. The highest BCUT2D eigenvalue weighted by Gasteiger charge is 1.94. The summed E-state index contributed by atoms with van der Waals surface area (Å²) in [6, 6.07) is 0.285. The minimum absolute atomic E-state index is 0.285. The Balaban J connectivity index is 2.77. The molecule has 0 aromatic carbocycles. The Hall–Kier alpha value is -0.920. The Morgan fingerprint density at radius 3 is 3.11 bits per heavy atom. The average Bonchev–Trinajstić information content (AvgIpc) is 1.93. The molecule has 1 aliphatic rings. The quantitative estimate of drug-likeness (QED) is 0.464. The van der Waals surface area contributed by atoms with E-state index in [0.29, 0.717) is 0 Å². The lowest BCUT2D eigenvalue weighted by Gasteiger charge is -1.93. The SMILES string of the molecule is CC1=CC(C)N=CN=C1. The van der Waals surface area contributed by atoms with E-state index in [2.05, 4.69) is 16.1 Å². The second kappa shape index (κ2) is 2.58. The number of allylic oxidation sites excluding steroid dienone is 1. The van der Waals surface area contributed by atoms with E-state index in [-0.39, 0.29) is 6.04 Å². The molecule has 0 saturated heterocycles. The summed E-state index contributed by atoms with van der Waals surface area (Å²) in [5.74, 6) is 0. The lowest BCUT2D eigenvalue weighted by atomic mass is 10.2. The summed E-state index contributed by atoms with van der Waals surface area (Å²) < 4.78 is 0. The van der Waals surface area contributed by atoms with Gasteiger partial charge in [0.05, 0.1) is 6.04 Å². The molecule has 0 saturated carbocycles. The molecule has 0 aliphatic carbocycles. The summed E-state index contributed by atoms with van der Waals surface area (Å²) in [5.41, 5.74) is 1.18. The van der Waals surface area contributed by atoms with Crippen LogP contribution in [-0.2, 0) is 0 Å². The van der Waals surface area contributed by atoms with Gasteiger partial charge >= 0.3 is 0 Å². The first-order valence-corrected chi connectivity index (χ1v) is 3.02. The first-order chi connectivity index (χ1) is 4.29. The van der Waals surface area contributed by atoms with E-state index in [1.807, 2.05) is 20.1 Å². The topological polar surface area (TPSA) is 24.7 Å². The van der Waals surface area contributed by atoms with Crippen LogP contribution in [0.1, 0.15) is 13.8 Å². The van der Waals surface area contributed by atoms with Crippen LogP contribution >= 0.6 is 0 Å². The van der Waals surface area contributed by atoms with Crippen molar-refractivity contribution in [2.45, 2.75) is 19.9 Å². The summed E-state index contributed by atoms with van der Waals surface area (Å²) in [6.07, 6.45) is 5.48. The molecule has 0 aromatic rings. The molecule has 2 heteroatoms. The Labute approximate surface area is 55.0 Å². The summed E-state index contributed by atoms with van der Waals surface area (Å²) in [7, 11) is 0. The van der Waals surface area contributed by atoms with Gasteiger partial charge in [0.1, 0.15) is 6.34 Å². The van der Waals surface area contributed by atoms with Crippen molar-refractivity contribution in [3.63, 3.8) is 0 Å². The lowest BCUT2D eigenvalue weighted by molar-refractivity contribution is 0.928. The van der Waals surface area contributed by atoms with Gasteiger partial charge in [0.15, 0.2) is 0 Å². The number of rotatable bonds is 0. The van der Waals surface area contributed by atoms with Gasteiger partial charge in [-0.2, -0.15) is 0 Å². The van der Waals surface area contributed by atoms with Gasteiger partial charge in [-0.1, -0.05) is 6.08 Å². The molecule has 2 nitrogen and oxygen atoms in total. The third-order valence-corrected chi connectivity index (χ3v) is 1.15. The maximum atomic E-state index is 4.07. The fourth-order valence-electron chi connectivity index (χ4n) is 0.761. The molecule has 1 unspecified atom stereocenters. The molecule has 1 atom stereocenters. The van der Waals surface area contributed by atoms with Crippen molar-refractivity contribution in [1.29, 1.82) is 0 Å². The molecule has 0 fully saturated rings. The summed E-state index contributed by atoms with van der Waals surface area (Å²) in [5, 5.41) is 0. The molecular weight excluding hydrogens is 112 g/mol. The zero-order valence-corrected chi connectivity index (χ0v) is 5.70. The zero-order chi connectivity index (χ0) is 6.69. The molecule has 0 bridgehead atoms. The van der Waals surface area contributed by atoms with Crippen molar-refractivity contribution >= 4 is 12.6 Å². The van der Waals surface area contributed by atoms with E-state index >= 15 is 0 Å². The van der Waals surface area contributed by atoms with Crippen LogP contribution in [-0.4, -0.2) is 18.6 Å². The van der Waals surface area contributed by atoms with E-state index in [0.717, 1.165) is 0 Å². The maximum absolute atomic E-state index is 4.07. The highest BCUT2D eigenvalue weighted by molar-refractivity contribution is 5.85. The minimum Gasteiger partial charge on any atom is -0.266 e.